The zero-order valence-corrected chi connectivity index (χ0v) is 25.8. The predicted molar refractivity (Wildman–Crippen MR) is 163 cm³/mol. The van der Waals surface area contributed by atoms with E-state index >= 15 is 0 Å². The summed E-state index contributed by atoms with van der Waals surface area (Å²) >= 11 is 0. The fourth-order valence-corrected chi connectivity index (χ4v) is 6.31. The topological polar surface area (TPSA) is 147 Å². The van der Waals surface area contributed by atoms with Gasteiger partial charge in [-0.1, -0.05) is 6.92 Å². The van der Waals surface area contributed by atoms with Crippen LogP contribution < -0.4 is 24.8 Å². The molecular weight excluding hydrogens is 607 g/mol. The molecule has 240 valence electrons. The summed E-state index contributed by atoms with van der Waals surface area (Å²) in [7, 11) is -2.57. The molecule has 3 aromatic carbocycles. The average Bonchev–Trinajstić information content (AvgIpc) is 3.49. The minimum absolute atomic E-state index is 0.0667. The third kappa shape index (κ3) is 7.30. The van der Waals surface area contributed by atoms with Crippen molar-refractivity contribution in [3.05, 3.63) is 72.0 Å². The molecule has 0 aromatic heterocycles. The number of carbonyl (C=O) groups is 2. The van der Waals surface area contributed by atoms with E-state index in [2.05, 4.69) is 10.6 Å². The maximum Gasteiger partial charge on any atom is 0.323 e. The summed E-state index contributed by atoms with van der Waals surface area (Å²) in [5, 5.41) is 15.4. The van der Waals surface area contributed by atoms with Gasteiger partial charge in [-0.15, -0.1) is 0 Å². The number of ether oxygens (including phenoxy) is 3. The van der Waals surface area contributed by atoms with Crippen LogP contribution in [0.1, 0.15) is 19.4 Å². The molecule has 2 aliphatic heterocycles. The third-order valence-electron chi connectivity index (χ3n) is 7.76. The lowest BCUT2D eigenvalue weighted by Gasteiger charge is -2.33. The number of rotatable bonds is 8. The summed E-state index contributed by atoms with van der Waals surface area (Å²) in [6, 6.07) is 13.4. The van der Waals surface area contributed by atoms with Crippen LogP contribution in [0.3, 0.4) is 0 Å². The Labute approximate surface area is 260 Å². The number of fused-ring (bicyclic) bond motifs is 2. The van der Waals surface area contributed by atoms with Crippen molar-refractivity contribution in [3.8, 4) is 17.2 Å². The van der Waals surface area contributed by atoms with Gasteiger partial charge in [-0.2, -0.15) is 4.31 Å². The SMILES string of the molecule is C[C@@H]1CN([C@H](C)CO)C(=O)Cc2cc(NC(=O)Nc3ccc4c(c3)OCO4)ccc2O[C@H]1CN(C)S(=O)(=O)c1ccc(F)cc1. The molecule has 2 heterocycles. The van der Waals surface area contributed by atoms with Gasteiger partial charge in [-0.25, -0.2) is 17.6 Å². The molecule has 0 spiro atoms. The van der Waals surface area contributed by atoms with Crippen molar-refractivity contribution in [3.63, 3.8) is 0 Å². The lowest BCUT2D eigenvalue weighted by atomic mass is 10.0. The first-order valence-electron chi connectivity index (χ1n) is 14.3. The zero-order valence-electron chi connectivity index (χ0n) is 25.0. The van der Waals surface area contributed by atoms with E-state index in [0.29, 0.717) is 34.2 Å². The Bertz CT molecular complexity index is 1670. The lowest BCUT2D eigenvalue weighted by Crippen LogP contribution is -2.48. The number of carbonyl (C=O) groups excluding carboxylic acids is 2. The second-order valence-electron chi connectivity index (χ2n) is 11.1. The van der Waals surface area contributed by atoms with Crippen LogP contribution in [0.2, 0.25) is 0 Å². The molecule has 3 aromatic rings. The van der Waals surface area contributed by atoms with Crippen molar-refractivity contribution in [2.24, 2.45) is 5.92 Å². The number of sulfonamides is 1. The minimum Gasteiger partial charge on any atom is -0.488 e. The van der Waals surface area contributed by atoms with Gasteiger partial charge in [0.15, 0.2) is 11.5 Å². The molecule has 0 radical (unpaired) electrons. The number of benzene rings is 3. The number of likely N-dealkylation sites (N-methyl/N-ethyl adjacent to an activating group) is 1. The highest BCUT2D eigenvalue weighted by molar-refractivity contribution is 7.89. The van der Waals surface area contributed by atoms with E-state index in [1.807, 2.05) is 6.92 Å². The van der Waals surface area contributed by atoms with Gasteiger partial charge in [-0.3, -0.25) is 4.79 Å². The van der Waals surface area contributed by atoms with E-state index in [1.165, 1.54) is 19.2 Å². The highest BCUT2D eigenvalue weighted by atomic mass is 32.2. The maximum absolute atomic E-state index is 13.5. The van der Waals surface area contributed by atoms with E-state index in [0.717, 1.165) is 16.4 Å². The van der Waals surface area contributed by atoms with Gasteiger partial charge >= 0.3 is 6.03 Å². The first-order chi connectivity index (χ1) is 21.4. The highest BCUT2D eigenvalue weighted by Crippen LogP contribution is 2.34. The Morgan fingerprint density at radius 2 is 1.69 bits per heavy atom. The van der Waals surface area contributed by atoms with Crippen molar-refractivity contribution >= 4 is 33.3 Å². The van der Waals surface area contributed by atoms with E-state index in [4.69, 9.17) is 14.2 Å². The van der Waals surface area contributed by atoms with Crippen LogP contribution in [0.4, 0.5) is 20.6 Å². The van der Waals surface area contributed by atoms with Gasteiger partial charge in [0.2, 0.25) is 22.7 Å². The summed E-state index contributed by atoms with van der Waals surface area (Å²) in [4.78, 5) is 27.8. The number of hydrogen-bond acceptors (Lipinski definition) is 8. The highest BCUT2D eigenvalue weighted by Gasteiger charge is 2.33. The fourth-order valence-electron chi connectivity index (χ4n) is 5.13. The number of nitrogens with one attached hydrogen (secondary N) is 2. The molecule has 45 heavy (non-hydrogen) atoms. The normalized spacial score (nSPS) is 18.7. The quantitative estimate of drug-likeness (QED) is 0.338. The number of nitrogens with zero attached hydrogens (tertiary/aromatic N) is 2. The Hall–Kier alpha value is -4.40. The second-order valence-corrected chi connectivity index (χ2v) is 13.1. The summed E-state index contributed by atoms with van der Waals surface area (Å²) in [6.07, 6.45) is -0.793. The summed E-state index contributed by atoms with van der Waals surface area (Å²) < 4.78 is 58.2. The summed E-state index contributed by atoms with van der Waals surface area (Å²) in [5.74, 6) is 0.284. The molecule has 3 amide bonds. The maximum atomic E-state index is 13.5. The molecule has 5 rings (SSSR count). The first-order valence-corrected chi connectivity index (χ1v) is 15.8. The molecule has 12 nitrogen and oxygen atoms in total. The number of aliphatic hydroxyl groups excluding tert-OH is 1. The molecule has 3 atom stereocenters. The van der Waals surface area contributed by atoms with Crippen LogP contribution in [0.5, 0.6) is 17.2 Å². The minimum atomic E-state index is -3.98. The van der Waals surface area contributed by atoms with E-state index < -0.39 is 34.0 Å². The Morgan fingerprint density at radius 1 is 1.04 bits per heavy atom. The number of anilines is 2. The lowest BCUT2D eigenvalue weighted by molar-refractivity contribution is -0.134. The van der Waals surface area contributed by atoms with Crippen molar-refractivity contribution in [2.75, 3.05) is 44.2 Å². The van der Waals surface area contributed by atoms with Crippen molar-refractivity contribution in [2.45, 2.75) is 37.3 Å². The Morgan fingerprint density at radius 3 is 2.38 bits per heavy atom. The molecule has 2 aliphatic rings. The molecule has 3 N–H and O–H groups in total. The van der Waals surface area contributed by atoms with Crippen molar-refractivity contribution in [1.29, 1.82) is 0 Å². The average molecular weight is 643 g/mol. The standard InChI is InChI=1S/C31H35FN4O8S/c1-19-15-36(20(2)17-37)30(38)13-21-12-23(33-31(39)34-24-7-11-27-28(14-24)43-18-42-27)6-10-26(21)44-29(19)16-35(3)45(40,41)25-8-4-22(32)5-9-25/h4-12,14,19-20,29,37H,13,15-18H2,1-3H3,(H2,33,34,39)/t19-,20-,29+/m1/s1. The molecular formula is C31H35FN4O8S. The van der Waals surface area contributed by atoms with Crippen LogP contribution in [0.25, 0.3) is 0 Å². The molecule has 0 bridgehead atoms. The Kier molecular flexibility index (Phi) is 9.46. The predicted octanol–water partition coefficient (Wildman–Crippen LogP) is 3.67. The van der Waals surface area contributed by atoms with Crippen LogP contribution in [0, 0.1) is 11.7 Å². The van der Waals surface area contributed by atoms with Crippen molar-refractivity contribution < 1.29 is 41.7 Å². The molecule has 0 saturated carbocycles. The van der Waals surface area contributed by atoms with Crippen LogP contribution in [-0.2, 0) is 21.2 Å². The molecule has 0 saturated heterocycles. The van der Waals surface area contributed by atoms with Gasteiger partial charge < -0.3 is 34.9 Å². The second kappa shape index (κ2) is 13.3. The van der Waals surface area contributed by atoms with Crippen LogP contribution in [0.15, 0.2) is 65.6 Å². The number of urea groups is 1. The largest absolute Gasteiger partial charge is 0.488 e. The zero-order chi connectivity index (χ0) is 32.3. The van der Waals surface area contributed by atoms with E-state index in [-0.39, 0.29) is 49.6 Å². The number of aliphatic hydroxyl groups is 1. The van der Waals surface area contributed by atoms with Gasteiger partial charge in [0.25, 0.3) is 0 Å². The van der Waals surface area contributed by atoms with Gasteiger partial charge in [0, 0.05) is 42.5 Å². The molecule has 14 heteroatoms. The number of hydrogen-bond donors (Lipinski definition) is 3. The Balaban J connectivity index is 1.38. The molecule has 0 aliphatic carbocycles. The first kappa shape index (κ1) is 32.0. The van der Waals surface area contributed by atoms with Crippen molar-refractivity contribution in [1.82, 2.24) is 9.21 Å². The monoisotopic (exact) mass is 642 g/mol. The van der Waals surface area contributed by atoms with Crippen LogP contribution in [-0.4, -0.2) is 80.4 Å². The smallest absolute Gasteiger partial charge is 0.323 e. The molecule has 0 fully saturated rings. The fraction of sp³-hybridized carbons (Fsp3) is 0.355. The van der Waals surface area contributed by atoms with E-state index in [9.17, 15) is 27.5 Å². The number of halogens is 1. The summed E-state index contributed by atoms with van der Waals surface area (Å²) in [6.45, 7) is 3.53. The third-order valence-corrected chi connectivity index (χ3v) is 9.60. The summed E-state index contributed by atoms with van der Waals surface area (Å²) in [5.41, 5.74) is 1.35. The van der Waals surface area contributed by atoms with Gasteiger partial charge in [-0.05, 0) is 61.5 Å². The van der Waals surface area contributed by atoms with Gasteiger partial charge in [0.1, 0.15) is 17.7 Å². The van der Waals surface area contributed by atoms with Gasteiger partial charge in [0.05, 0.1) is 30.5 Å². The van der Waals surface area contributed by atoms with Crippen LogP contribution >= 0.6 is 0 Å². The van der Waals surface area contributed by atoms with E-state index in [1.54, 1.807) is 48.2 Å². The molecule has 0 unspecified atom stereocenters. The number of amides is 3.